The van der Waals surface area contributed by atoms with Crippen molar-refractivity contribution in [2.45, 2.75) is 45.7 Å². The molecule has 146 valence electrons. The minimum absolute atomic E-state index is 0.00407. The van der Waals surface area contributed by atoms with Crippen LogP contribution in [0.4, 0.5) is 10.2 Å². The van der Waals surface area contributed by atoms with Gasteiger partial charge in [-0.2, -0.15) is 0 Å². The van der Waals surface area contributed by atoms with Gasteiger partial charge in [-0.25, -0.2) is 14.2 Å². The van der Waals surface area contributed by atoms with Crippen molar-refractivity contribution >= 4 is 22.8 Å². The molecule has 3 heterocycles. The molecule has 0 amide bonds. The Bertz CT molecular complexity index is 962. The summed E-state index contributed by atoms with van der Waals surface area (Å²) < 4.78 is 16.4. The molecule has 2 aromatic rings. The summed E-state index contributed by atoms with van der Waals surface area (Å²) in [5.41, 5.74) is 4.57. The van der Waals surface area contributed by atoms with Gasteiger partial charge in [-0.05, 0) is 46.1 Å². The highest BCUT2D eigenvalue weighted by Gasteiger charge is 2.29. The van der Waals surface area contributed by atoms with Gasteiger partial charge >= 0.3 is 5.97 Å². The van der Waals surface area contributed by atoms with E-state index in [4.69, 9.17) is 5.73 Å². The summed E-state index contributed by atoms with van der Waals surface area (Å²) in [6.07, 6.45) is 2.14. The zero-order chi connectivity index (χ0) is 20.1. The maximum atomic E-state index is 14.8. The van der Waals surface area contributed by atoms with E-state index in [0.717, 1.165) is 12.5 Å². The van der Waals surface area contributed by atoms with Gasteiger partial charge in [0, 0.05) is 30.9 Å². The lowest BCUT2D eigenvalue weighted by atomic mass is 10.0. The van der Waals surface area contributed by atoms with Gasteiger partial charge in [-0.1, -0.05) is 0 Å². The Hall–Kier alpha value is -2.48. The Kier molecular flexibility index (Phi) is 4.71. The maximum absolute atomic E-state index is 14.8. The highest BCUT2D eigenvalue weighted by atomic mass is 19.1. The Morgan fingerprint density at radius 2 is 2.11 bits per heavy atom. The Balaban J connectivity index is 2.23. The van der Waals surface area contributed by atoms with Crippen LogP contribution in [0.1, 0.15) is 44.5 Å². The van der Waals surface area contributed by atoms with Crippen LogP contribution in [0.25, 0.3) is 11.0 Å². The second-order valence-corrected chi connectivity index (χ2v) is 8.24. The van der Waals surface area contributed by atoms with Gasteiger partial charge in [-0.15, -0.1) is 0 Å². The number of aromatic nitrogens is 2. The van der Waals surface area contributed by atoms with E-state index in [1.807, 2.05) is 32.6 Å². The number of pyridine rings is 2. The number of aromatic carboxylic acids is 1. The quantitative estimate of drug-likeness (QED) is 0.851. The Morgan fingerprint density at radius 3 is 2.63 bits per heavy atom. The van der Waals surface area contributed by atoms with Crippen molar-refractivity contribution in [2.75, 3.05) is 18.0 Å². The minimum atomic E-state index is -1.34. The molecule has 27 heavy (non-hydrogen) atoms. The van der Waals surface area contributed by atoms with Gasteiger partial charge in [-0.3, -0.25) is 4.79 Å². The van der Waals surface area contributed by atoms with Gasteiger partial charge < -0.3 is 20.3 Å². The molecule has 8 heteroatoms. The Labute approximate surface area is 156 Å². The van der Waals surface area contributed by atoms with Gasteiger partial charge in [0.05, 0.1) is 5.39 Å². The van der Waals surface area contributed by atoms with Crippen LogP contribution < -0.4 is 16.1 Å². The average Bonchev–Trinajstić information content (AvgIpc) is 3.03. The Morgan fingerprint density at radius 1 is 1.44 bits per heavy atom. The van der Waals surface area contributed by atoms with Gasteiger partial charge in [0.15, 0.2) is 11.6 Å². The maximum Gasteiger partial charge on any atom is 0.341 e. The van der Waals surface area contributed by atoms with E-state index in [2.05, 4.69) is 4.98 Å². The molecule has 0 spiro atoms. The van der Waals surface area contributed by atoms with Crippen molar-refractivity contribution in [1.82, 2.24) is 9.55 Å². The number of anilines is 1. The van der Waals surface area contributed by atoms with Crippen molar-refractivity contribution in [3.63, 3.8) is 0 Å². The average molecular weight is 376 g/mol. The summed E-state index contributed by atoms with van der Waals surface area (Å²) in [6, 6.07) is 1.11. The van der Waals surface area contributed by atoms with Crippen LogP contribution in [0.2, 0.25) is 0 Å². The summed E-state index contributed by atoms with van der Waals surface area (Å²) in [5.74, 6) is -1.55. The van der Waals surface area contributed by atoms with Gasteiger partial charge in [0.2, 0.25) is 5.43 Å². The number of hydrogen-bond acceptors (Lipinski definition) is 5. The smallest absolute Gasteiger partial charge is 0.341 e. The van der Waals surface area contributed by atoms with E-state index in [0.29, 0.717) is 13.1 Å². The number of nitrogens with two attached hydrogens (primary N) is 1. The first-order valence-electron chi connectivity index (χ1n) is 9.01. The standard InChI is InChI=1S/C19H25FN4O3/c1-10(21)11-5-6-23(8-11)17-14(20)7-12-15(25)13(18(26)27)9-24(16(12)22-17)19(2,3)4/h7,9-11H,5-6,8,21H2,1-4H3,(H,26,27)/t10-,11+/m0/s1. The number of nitrogens with zero attached hydrogens (tertiary/aromatic N) is 3. The second-order valence-electron chi connectivity index (χ2n) is 8.24. The van der Waals surface area contributed by atoms with E-state index >= 15 is 0 Å². The predicted molar refractivity (Wildman–Crippen MR) is 102 cm³/mol. The molecule has 1 aliphatic heterocycles. The summed E-state index contributed by atoms with van der Waals surface area (Å²) in [6.45, 7) is 8.78. The number of halogens is 1. The fourth-order valence-corrected chi connectivity index (χ4v) is 3.51. The molecular formula is C19H25FN4O3. The number of hydrogen-bond donors (Lipinski definition) is 2. The largest absolute Gasteiger partial charge is 0.477 e. The first-order chi connectivity index (χ1) is 12.5. The third-order valence-electron chi connectivity index (χ3n) is 5.13. The van der Waals surface area contributed by atoms with E-state index in [1.165, 1.54) is 6.20 Å². The molecule has 0 aromatic carbocycles. The summed E-state index contributed by atoms with van der Waals surface area (Å²) in [5, 5.41) is 9.31. The molecule has 0 unspecified atom stereocenters. The van der Waals surface area contributed by atoms with Crippen LogP contribution in [0, 0.1) is 11.7 Å². The van der Waals surface area contributed by atoms with Crippen molar-refractivity contribution in [1.29, 1.82) is 0 Å². The molecule has 2 atom stereocenters. The molecule has 2 aromatic heterocycles. The van der Waals surface area contributed by atoms with Gasteiger partial charge in [0.25, 0.3) is 0 Å². The van der Waals surface area contributed by atoms with E-state index in [9.17, 15) is 19.1 Å². The van der Waals surface area contributed by atoms with E-state index in [-0.39, 0.29) is 28.8 Å². The molecule has 7 nitrogen and oxygen atoms in total. The normalized spacial score (nSPS) is 18.9. The summed E-state index contributed by atoms with van der Waals surface area (Å²) >= 11 is 0. The van der Waals surface area contributed by atoms with Crippen LogP contribution in [0.15, 0.2) is 17.1 Å². The number of carboxylic acid groups (broad SMARTS) is 1. The molecule has 0 radical (unpaired) electrons. The summed E-state index contributed by atoms with van der Waals surface area (Å²) in [7, 11) is 0. The van der Waals surface area contributed by atoms with Gasteiger partial charge in [0.1, 0.15) is 11.2 Å². The van der Waals surface area contributed by atoms with Crippen LogP contribution in [-0.4, -0.2) is 39.8 Å². The number of rotatable bonds is 3. The van der Waals surface area contributed by atoms with E-state index in [1.54, 1.807) is 4.57 Å². The summed E-state index contributed by atoms with van der Waals surface area (Å²) in [4.78, 5) is 30.3. The zero-order valence-electron chi connectivity index (χ0n) is 16.0. The first kappa shape index (κ1) is 19.3. The third kappa shape index (κ3) is 3.41. The lowest BCUT2D eigenvalue weighted by Gasteiger charge is -2.27. The lowest BCUT2D eigenvalue weighted by Crippen LogP contribution is -2.31. The monoisotopic (exact) mass is 376 g/mol. The van der Waals surface area contributed by atoms with Crippen LogP contribution in [0.5, 0.6) is 0 Å². The van der Waals surface area contributed by atoms with Crippen LogP contribution in [-0.2, 0) is 5.54 Å². The van der Waals surface area contributed by atoms with Crippen molar-refractivity contribution < 1.29 is 14.3 Å². The zero-order valence-corrected chi connectivity index (χ0v) is 16.0. The molecule has 3 N–H and O–H groups in total. The molecule has 0 aliphatic carbocycles. The number of carbonyl (C=O) groups is 1. The highest BCUT2D eigenvalue weighted by Crippen LogP contribution is 2.29. The van der Waals surface area contributed by atoms with Crippen LogP contribution >= 0.6 is 0 Å². The molecule has 0 bridgehead atoms. The highest BCUT2D eigenvalue weighted by molar-refractivity contribution is 5.92. The molecule has 0 saturated carbocycles. The molecule has 1 aliphatic rings. The first-order valence-corrected chi connectivity index (χ1v) is 9.01. The number of fused-ring (bicyclic) bond motifs is 1. The van der Waals surface area contributed by atoms with Crippen LogP contribution in [0.3, 0.4) is 0 Å². The lowest BCUT2D eigenvalue weighted by molar-refractivity contribution is 0.0694. The molecular weight excluding hydrogens is 351 g/mol. The van der Waals surface area contributed by atoms with Crippen molar-refractivity contribution in [3.8, 4) is 0 Å². The SMILES string of the molecule is C[C@H](N)[C@@H]1CCN(c2nc3c(cc2F)c(=O)c(C(=O)O)cn3C(C)(C)C)C1. The molecule has 1 saturated heterocycles. The van der Waals surface area contributed by atoms with Crippen molar-refractivity contribution in [3.05, 3.63) is 33.9 Å². The second kappa shape index (κ2) is 6.60. The fraction of sp³-hybridized carbons (Fsp3) is 0.526. The minimum Gasteiger partial charge on any atom is -0.477 e. The fourth-order valence-electron chi connectivity index (χ4n) is 3.51. The van der Waals surface area contributed by atoms with Crippen molar-refractivity contribution in [2.24, 2.45) is 11.7 Å². The van der Waals surface area contributed by atoms with E-state index < -0.39 is 28.3 Å². The predicted octanol–water partition coefficient (Wildman–Crippen LogP) is 2.16. The number of carboxylic acids is 1. The topological polar surface area (TPSA) is 101 Å². The molecule has 1 fully saturated rings. The molecule has 3 rings (SSSR count). The third-order valence-corrected chi connectivity index (χ3v) is 5.13.